The van der Waals surface area contributed by atoms with Crippen LogP contribution in [0.25, 0.3) is 10.8 Å². The summed E-state index contributed by atoms with van der Waals surface area (Å²) in [5.41, 5.74) is 3.59. The number of fused-ring (bicyclic) bond motifs is 1. The molecule has 31 heavy (non-hydrogen) atoms. The summed E-state index contributed by atoms with van der Waals surface area (Å²) in [6.45, 7) is 3.74. The molecule has 3 N–H and O–H groups in total. The lowest BCUT2D eigenvalue weighted by Gasteiger charge is -2.14. The molecule has 4 rings (SSSR count). The van der Waals surface area contributed by atoms with Gasteiger partial charge in [0.2, 0.25) is 11.8 Å². The number of rotatable bonds is 6. The van der Waals surface area contributed by atoms with Crippen LogP contribution in [0.2, 0.25) is 0 Å². The van der Waals surface area contributed by atoms with Gasteiger partial charge in [-0.05, 0) is 66.8 Å². The number of benzene rings is 3. The van der Waals surface area contributed by atoms with Crippen molar-refractivity contribution in [1.29, 1.82) is 0 Å². The van der Waals surface area contributed by atoms with Gasteiger partial charge in [0.1, 0.15) is 0 Å². The van der Waals surface area contributed by atoms with E-state index in [4.69, 9.17) is 0 Å². The van der Waals surface area contributed by atoms with Gasteiger partial charge in [-0.1, -0.05) is 36.4 Å². The summed E-state index contributed by atoms with van der Waals surface area (Å²) in [4.78, 5) is 37.6. The maximum atomic E-state index is 12.9. The third-order valence-corrected chi connectivity index (χ3v) is 5.62. The molecule has 0 atom stereocenters. The molecular formula is C25H25N3O3. The van der Waals surface area contributed by atoms with Crippen molar-refractivity contribution in [3.63, 3.8) is 0 Å². The molecular weight excluding hydrogens is 390 g/mol. The van der Waals surface area contributed by atoms with Crippen LogP contribution in [0, 0.1) is 19.8 Å². The Morgan fingerprint density at radius 3 is 2.29 bits per heavy atom. The van der Waals surface area contributed by atoms with E-state index in [1.807, 2.05) is 56.3 Å². The fourth-order valence-corrected chi connectivity index (χ4v) is 3.45. The molecule has 3 aromatic carbocycles. The third kappa shape index (κ3) is 4.74. The molecule has 0 heterocycles. The summed E-state index contributed by atoms with van der Waals surface area (Å²) < 4.78 is 0. The van der Waals surface area contributed by atoms with Crippen LogP contribution in [0.4, 0.5) is 11.4 Å². The van der Waals surface area contributed by atoms with Gasteiger partial charge >= 0.3 is 0 Å². The normalized spacial score (nSPS) is 13.0. The molecule has 3 amide bonds. The molecule has 1 saturated carbocycles. The van der Waals surface area contributed by atoms with E-state index >= 15 is 0 Å². The average molecular weight is 415 g/mol. The van der Waals surface area contributed by atoms with Crippen molar-refractivity contribution in [2.24, 2.45) is 5.92 Å². The Hall–Kier alpha value is -3.67. The first-order valence-electron chi connectivity index (χ1n) is 10.4. The maximum Gasteiger partial charge on any atom is 0.253 e. The number of carbonyl (C=O) groups excluding carboxylic acids is 3. The number of carbonyl (C=O) groups is 3. The Bertz CT molecular complexity index is 1180. The van der Waals surface area contributed by atoms with Crippen LogP contribution in [-0.2, 0) is 9.59 Å². The third-order valence-electron chi connectivity index (χ3n) is 5.62. The van der Waals surface area contributed by atoms with Gasteiger partial charge in [0.15, 0.2) is 0 Å². The van der Waals surface area contributed by atoms with Crippen molar-refractivity contribution in [1.82, 2.24) is 5.32 Å². The second-order valence-electron chi connectivity index (χ2n) is 7.99. The van der Waals surface area contributed by atoms with Crippen LogP contribution in [0.3, 0.4) is 0 Å². The number of hydrogen-bond donors (Lipinski definition) is 3. The first kappa shape index (κ1) is 20.6. The summed E-state index contributed by atoms with van der Waals surface area (Å²) in [6.07, 6.45) is 1.75. The molecule has 1 aliphatic carbocycles. The number of hydrogen-bond acceptors (Lipinski definition) is 3. The molecule has 0 aromatic heterocycles. The highest BCUT2D eigenvalue weighted by Crippen LogP contribution is 2.32. The van der Waals surface area contributed by atoms with Crippen molar-refractivity contribution in [2.45, 2.75) is 26.7 Å². The van der Waals surface area contributed by atoms with Crippen LogP contribution < -0.4 is 16.0 Å². The van der Waals surface area contributed by atoms with Gasteiger partial charge in [-0.2, -0.15) is 0 Å². The summed E-state index contributed by atoms with van der Waals surface area (Å²) in [5.74, 6) is -0.776. The van der Waals surface area contributed by atoms with E-state index in [0.29, 0.717) is 11.3 Å². The second kappa shape index (κ2) is 8.60. The Labute approximate surface area is 181 Å². The Balaban J connectivity index is 1.50. The zero-order chi connectivity index (χ0) is 22.0. The summed E-state index contributed by atoms with van der Waals surface area (Å²) in [5, 5.41) is 10.2. The van der Waals surface area contributed by atoms with Crippen molar-refractivity contribution in [3.8, 4) is 0 Å². The predicted octanol–water partition coefficient (Wildman–Crippen LogP) is 4.17. The van der Waals surface area contributed by atoms with Crippen molar-refractivity contribution in [2.75, 3.05) is 17.2 Å². The molecule has 0 bridgehead atoms. The number of amides is 3. The molecule has 158 valence electrons. The smallest absolute Gasteiger partial charge is 0.253 e. The van der Waals surface area contributed by atoms with Crippen LogP contribution in [0.5, 0.6) is 0 Å². The van der Waals surface area contributed by atoms with E-state index in [0.717, 1.165) is 40.4 Å². The molecule has 6 nitrogen and oxygen atoms in total. The lowest BCUT2D eigenvalue weighted by Crippen LogP contribution is -2.33. The molecule has 1 aliphatic rings. The molecule has 0 saturated heterocycles. The molecule has 0 spiro atoms. The van der Waals surface area contributed by atoms with E-state index in [-0.39, 0.29) is 24.3 Å². The Morgan fingerprint density at radius 1 is 0.871 bits per heavy atom. The van der Waals surface area contributed by atoms with E-state index in [1.165, 1.54) is 0 Å². The molecule has 3 aromatic rings. The van der Waals surface area contributed by atoms with E-state index < -0.39 is 5.91 Å². The standard InChI is InChI=1S/C25H25N3O3/c1-15-6-5-9-21(16(15)2)27-23(29)14-26-25(31)20-12-18-7-3-4-8-19(18)13-22(20)28-24(30)17-10-11-17/h3-9,12-13,17H,10-11,14H2,1-2H3,(H,26,31)(H,27,29)(H,28,30). The minimum Gasteiger partial charge on any atom is -0.343 e. The molecule has 0 aliphatic heterocycles. The SMILES string of the molecule is Cc1cccc(NC(=O)CNC(=O)c2cc3ccccc3cc2NC(=O)C2CC2)c1C. The zero-order valence-corrected chi connectivity index (χ0v) is 17.6. The number of nitrogens with one attached hydrogen (secondary N) is 3. The number of aryl methyl sites for hydroxylation is 1. The van der Waals surface area contributed by atoms with Crippen molar-refractivity contribution in [3.05, 3.63) is 71.3 Å². The summed E-state index contributed by atoms with van der Waals surface area (Å²) in [6, 6.07) is 16.9. The van der Waals surface area contributed by atoms with Crippen molar-refractivity contribution >= 4 is 39.9 Å². The fraction of sp³-hybridized carbons (Fsp3) is 0.240. The minimum atomic E-state index is -0.409. The van der Waals surface area contributed by atoms with Crippen LogP contribution in [-0.4, -0.2) is 24.3 Å². The lowest BCUT2D eigenvalue weighted by atomic mass is 10.0. The van der Waals surface area contributed by atoms with Crippen LogP contribution >= 0.6 is 0 Å². The Morgan fingerprint density at radius 2 is 1.58 bits per heavy atom. The molecule has 0 unspecified atom stereocenters. The van der Waals surface area contributed by atoms with Gasteiger partial charge < -0.3 is 16.0 Å². The monoisotopic (exact) mass is 415 g/mol. The highest BCUT2D eigenvalue weighted by Gasteiger charge is 2.30. The Kier molecular flexibility index (Phi) is 5.71. The van der Waals surface area contributed by atoms with Crippen LogP contribution in [0.1, 0.15) is 34.3 Å². The minimum absolute atomic E-state index is 0.0192. The molecule has 1 fully saturated rings. The average Bonchev–Trinajstić information content (AvgIpc) is 3.60. The predicted molar refractivity (Wildman–Crippen MR) is 122 cm³/mol. The van der Waals surface area contributed by atoms with Gasteiger partial charge in [0.05, 0.1) is 17.8 Å². The van der Waals surface area contributed by atoms with E-state index in [9.17, 15) is 14.4 Å². The van der Waals surface area contributed by atoms with Crippen LogP contribution in [0.15, 0.2) is 54.6 Å². The largest absolute Gasteiger partial charge is 0.343 e. The quantitative estimate of drug-likeness (QED) is 0.565. The van der Waals surface area contributed by atoms with E-state index in [1.54, 1.807) is 12.1 Å². The first-order chi connectivity index (χ1) is 14.9. The maximum absolute atomic E-state index is 12.9. The zero-order valence-electron chi connectivity index (χ0n) is 17.6. The second-order valence-corrected chi connectivity index (χ2v) is 7.99. The van der Waals surface area contributed by atoms with E-state index in [2.05, 4.69) is 16.0 Å². The highest BCUT2D eigenvalue weighted by atomic mass is 16.2. The first-order valence-corrected chi connectivity index (χ1v) is 10.4. The van der Waals surface area contributed by atoms with Gasteiger partial charge in [-0.15, -0.1) is 0 Å². The fourth-order valence-electron chi connectivity index (χ4n) is 3.45. The summed E-state index contributed by atoms with van der Waals surface area (Å²) in [7, 11) is 0. The topological polar surface area (TPSA) is 87.3 Å². The molecule has 0 radical (unpaired) electrons. The number of anilines is 2. The van der Waals surface area contributed by atoms with Gasteiger partial charge in [-0.3, -0.25) is 14.4 Å². The lowest BCUT2D eigenvalue weighted by molar-refractivity contribution is -0.117. The summed E-state index contributed by atoms with van der Waals surface area (Å²) >= 11 is 0. The highest BCUT2D eigenvalue weighted by molar-refractivity contribution is 6.09. The van der Waals surface area contributed by atoms with Gasteiger partial charge in [-0.25, -0.2) is 0 Å². The molecule has 6 heteroatoms. The van der Waals surface area contributed by atoms with Gasteiger partial charge in [0.25, 0.3) is 5.91 Å². The van der Waals surface area contributed by atoms with Gasteiger partial charge in [0, 0.05) is 11.6 Å². The van der Waals surface area contributed by atoms with Crippen molar-refractivity contribution < 1.29 is 14.4 Å².